The summed E-state index contributed by atoms with van der Waals surface area (Å²) in [6, 6.07) is 3.98. The standard InChI is InChI=1S/C15H13Cl2FN2O3/c1-15(7-19,8-2-3-8)20-13(21)6-23-14(22)9-4-12(18)11(17)5-10(9)16/h4-5,8H,2-3,6H2,1H3,(H,20,21)/t15-/m0/s1. The summed E-state index contributed by atoms with van der Waals surface area (Å²) >= 11 is 11.3. The molecule has 0 heterocycles. The minimum absolute atomic E-state index is 0.0818. The van der Waals surface area contributed by atoms with Crippen LogP contribution in [0.3, 0.4) is 0 Å². The number of amides is 1. The van der Waals surface area contributed by atoms with Crippen LogP contribution in [0.4, 0.5) is 4.39 Å². The molecule has 23 heavy (non-hydrogen) atoms. The molecule has 5 nitrogen and oxygen atoms in total. The van der Waals surface area contributed by atoms with Gasteiger partial charge in [0, 0.05) is 0 Å². The smallest absolute Gasteiger partial charge is 0.340 e. The Labute approximate surface area is 142 Å². The van der Waals surface area contributed by atoms with Crippen LogP contribution in [0.25, 0.3) is 0 Å². The second kappa shape index (κ2) is 6.73. The van der Waals surface area contributed by atoms with E-state index in [4.69, 9.17) is 33.2 Å². The van der Waals surface area contributed by atoms with Gasteiger partial charge in [0.1, 0.15) is 11.4 Å². The first kappa shape index (κ1) is 17.5. The predicted molar refractivity (Wildman–Crippen MR) is 81.6 cm³/mol. The van der Waals surface area contributed by atoms with Crippen LogP contribution in [0.15, 0.2) is 12.1 Å². The molecule has 0 radical (unpaired) electrons. The number of esters is 1. The normalized spacial score (nSPS) is 16.1. The van der Waals surface area contributed by atoms with E-state index < -0.39 is 29.8 Å². The summed E-state index contributed by atoms with van der Waals surface area (Å²) in [5, 5.41) is 11.4. The van der Waals surface area contributed by atoms with Crippen LogP contribution in [-0.4, -0.2) is 24.0 Å². The van der Waals surface area contributed by atoms with Gasteiger partial charge < -0.3 is 10.1 Å². The highest BCUT2D eigenvalue weighted by molar-refractivity contribution is 6.36. The average Bonchev–Trinajstić information content (AvgIpc) is 3.33. The van der Waals surface area contributed by atoms with Crippen LogP contribution in [0.5, 0.6) is 0 Å². The zero-order valence-corrected chi connectivity index (χ0v) is 13.7. The van der Waals surface area contributed by atoms with Crippen molar-refractivity contribution in [3.05, 3.63) is 33.6 Å². The highest BCUT2D eigenvalue weighted by Gasteiger charge is 2.43. The molecule has 1 saturated carbocycles. The third-order valence-electron chi connectivity index (χ3n) is 3.59. The molecule has 0 bridgehead atoms. The summed E-state index contributed by atoms with van der Waals surface area (Å²) in [7, 11) is 0. The molecule has 1 amide bonds. The van der Waals surface area contributed by atoms with Gasteiger partial charge in [-0.3, -0.25) is 4.79 Å². The number of hydrogen-bond donors (Lipinski definition) is 1. The van der Waals surface area contributed by atoms with Gasteiger partial charge >= 0.3 is 5.97 Å². The van der Waals surface area contributed by atoms with Crippen LogP contribution in [-0.2, 0) is 9.53 Å². The van der Waals surface area contributed by atoms with Gasteiger partial charge in [-0.1, -0.05) is 23.2 Å². The van der Waals surface area contributed by atoms with E-state index in [2.05, 4.69) is 11.4 Å². The Hall–Kier alpha value is -1.84. The largest absolute Gasteiger partial charge is 0.452 e. The van der Waals surface area contributed by atoms with Crippen molar-refractivity contribution in [3.63, 3.8) is 0 Å². The Kier molecular flexibility index (Phi) is 5.12. The molecule has 1 fully saturated rings. The average molecular weight is 359 g/mol. The van der Waals surface area contributed by atoms with Gasteiger partial charge in [-0.25, -0.2) is 9.18 Å². The maximum absolute atomic E-state index is 13.4. The van der Waals surface area contributed by atoms with Crippen LogP contribution >= 0.6 is 23.2 Å². The fourth-order valence-corrected chi connectivity index (χ4v) is 2.56. The van der Waals surface area contributed by atoms with Gasteiger partial charge in [0.15, 0.2) is 6.61 Å². The molecule has 0 aromatic heterocycles. The molecule has 1 N–H and O–H groups in total. The van der Waals surface area contributed by atoms with E-state index in [1.165, 1.54) is 0 Å². The third kappa shape index (κ3) is 4.12. The summed E-state index contributed by atoms with van der Waals surface area (Å²) in [5.41, 5.74) is -1.21. The van der Waals surface area contributed by atoms with Crippen molar-refractivity contribution in [1.82, 2.24) is 5.32 Å². The van der Waals surface area contributed by atoms with Gasteiger partial charge in [0.2, 0.25) is 0 Å². The third-order valence-corrected chi connectivity index (χ3v) is 4.19. The molecule has 122 valence electrons. The Morgan fingerprint density at radius 3 is 2.65 bits per heavy atom. The number of nitrogens with zero attached hydrogens (tertiary/aromatic N) is 1. The van der Waals surface area contributed by atoms with Crippen LogP contribution < -0.4 is 5.32 Å². The van der Waals surface area contributed by atoms with Crippen molar-refractivity contribution >= 4 is 35.1 Å². The van der Waals surface area contributed by atoms with Crippen molar-refractivity contribution in [2.45, 2.75) is 25.3 Å². The molecular weight excluding hydrogens is 346 g/mol. The lowest BCUT2D eigenvalue weighted by molar-refractivity contribution is -0.125. The number of benzene rings is 1. The first-order valence-corrected chi connectivity index (χ1v) is 7.56. The van der Waals surface area contributed by atoms with Gasteiger partial charge in [-0.15, -0.1) is 0 Å². The van der Waals surface area contributed by atoms with Crippen molar-refractivity contribution in [2.75, 3.05) is 6.61 Å². The molecule has 8 heteroatoms. The van der Waals surface area contributed by atoms with Gasteiger partial charge in [0.25, 0.3) is 5.91 Å². The fourth-order valence-electron chi connectivity index (χ4n) is 2.10. The molecule has 0 unspecified atom stereocenters. The maximum atomic E-state index is 13.4. The predicted octanol–water partition coefficient (Wildman–Crippen LogP) is 3.10. The van der Waals surface area contributed by atoms with Crippen LogP contribution in [0.2, 0.25) is 10.0 Å². The van der Waals surface area contributed by atoms with Crippen LogP contribution in [0, 0.1) is 23.1 Å². The van der Waals surface area contributed by atoms with E-state index in [9.17, 15) is 14.0 Å². The van der Waals surface area contributed by atoms with E-state index in [1.54, 1.807) is 6.92 Å². The number of nitrogens with one attached hydrogen (secondary N) is 1. The lowest BCUT2D eigenvalue weighted by Crippen LogP contribution is -2.48. The molecule has 0 aliphatic heterocycles. The maximum Gasteiger partial charge on any atom is 0.340 e. The van der Waals surface area contributed by atoms with Crippen molar-refractivity contribution in [1.29, 1.82) is 5.26 Å². The number of nitriles is 1. The Bertz CT molecular complexity index is 701. The summed E-state index contributed by atoms with van der Waals surface area (Å²) in [6.45, 7) is 1.03. The van der Waals surface area contributed by atoms with E-state index in [-0.39, 0.29) is 21.5 Å². The number of ether oxygens (including phenoxy) is 1. The second-order valence-electron chi connectivity index (χ2n) is 5.46. The molecule has 1 aliphatic rings. The van der Waals surface area contributed by atoms with Crippen molar-refractivity contribution < 1.29 is 18.7 Å². The highest BCUT2D eigenvalue weighted by Crippen LogP contribution is 2.39. The number of halogens is 3. The molecule has 1 aromatic carbocycles. The molecule has 1 aliphatic carbocycles. The first-order valence-electron chi connectivity index (χ1n) is 6.81. The highest BCUT2D eigenvalue weighted by atomic mass is 35.5. The summed E-state index contributed by atoms with van der Waals surface area (Å²) < 4.78 is 18.2. The summed E-state index contributed by atoms with van der Waals surface area (Å²) in [6.07, 6.45) is 1.73. The van der Waals surface area contributed by atoms with Gasteiger partial charge in [-0.2, -0.15) is 5.26 Å². The zero-order chi connectivity index (χ0) is 17.2. The molecular formula is C15H13Cl2FN2O3. The topological polar surface area (TPSA) is 79.2 Å². The lowest BCUT2D eigenvalue weighted by atomic mass is 9.98. The molecule has 1 aromatic rings. The molecule has 0 spiro atoms. The summed E-state index contributed by atoms with van der Waals surface area (Å²) in [5.74, 6) is -2.28. The fraction of sp³-hybridized carbons (Fsp3) is 0.400. The minimum Gasteiger partial charge on any atom is -0.452 e. The quantitative estimate of drug-likeness (QED) is 0.647. The van der Waals surface area contributed by atoms with Crippen molar-refractivity contribution in [2.24, 2.45) is 5.92 Å². The van der Waals surface area contributed by atoms with Crippen LogP contribution in [0.1, 0.15) is 30.1 Å². The zero-order valence-electron chi connectivity index (χ0n) is 12.2. The number of hydrogen-bond acceptors (Lipinski definition) is 4. The Morgan fingerprint density at radius 2 is 2.09 bits per heavy atom. The van der Waals surface area contributed by atoms with E-state index in [0.717, 1.165) is 25.0 Å². The van der Waals surface area contributed by atoms with Gasteiger partial charge in [0.05, 0.1) is 21.7 Å². The molecule has 1 atom stereocenters. The SMILES string of the molecule is C[C@@](C#N)(NC(=O)COC(=O)c1cc(F)c(Cl)cc1Cl)C1CC1. The molecule has 2 rings (SSSR count). The van der Waals surface area contributed by atoms with Crippen molar-refractivity contribution in [3.8, 4) is 6.07 Å². The number of carbonyl (C=O) groups is 2. The number of rotatable bonds is 5. The summed E-state index contributed by atoms with van der Waals surface area (Å²) in [4.78, 5) is 23.7. The van der Waals surface area contributed by atoms with E-state index in [1.807, 2.05) is 0 Å². The molecule has 0 saturated heterocycles. The Balaban J connectivity index is 1.95. The minimum atomic E-state index is -0.979. The van der Waals surface area contributed by atoms with E-state index in [0.29, 0.717) is 0 Å². The second-order valence-corrected chi connectivity index (χ2v) is 6.27. The number of carbonyl (C=O) groups excluding carboxylic acids is 2. The monoisotopic (exact) mass is 358 g/mol. The van der Waals surface area contributed by atoms with E-state index >= 15 is 0 Å². The van der Waals surface area contributed by atoms with Gasteiger partial charge in [-0.05, 0) is 37.8 Å². The lowest BCUT2D eigenvalue weighted by Gasteiger charge is -2.22. The Morgan fingerprint density at radius 1 is 1.43 bits per heavy atom. The first-order chi connectivity index (χ1) is 10.8.